The van der Waals surface area contributed by atoms with E-state index in [1.54, 1.807) is 0 Å². The van der Waals surface area contributed by atoms with E-state index in [9.17, 15) is 0 Å². The van der Waals surface area contributed by atoms with E-state index < -0.39 is 0 Å². The molecule has 92 valence electrons. The van der Waals surface area contributed by atoms with Crippen molar-refractivity contribution in [2.45, 2.75) is 38.8 Å². The van der Waals surface area contributed by atoms with Crippen molar-refractivity contribution in [3.05, 3.63) is 23.8 Å². The van der Waals surface area contributed by atoms with Gasteiger partial charge < -0.3 is 14.8 Å². The van der Waals surface area contributed by atoms with Crippen LogP contribution in [0.4, 0.5) is 0 Å². The molecule has 0 amide bonds. The average Bonchev–Trinajstić information content (AvgIpc) is 2.94. The summed E-state index contributed by atoms with van der Waals surface area (Å²) in [4.78, 5) is 0. The second-order valence-electron chi connectivity index (χ2n) is 5.15. The first-order valence-electron chi connectivity index (χ1n) is 6.44. The van der Waals surface area contributed by atoms with E-state index in [0.717, 1.165) is 24.0 Å². The number of nitrogens with one attached hydrogen (secondary N) is 1. The van der Waals surface area contributed by atoms with E-state index >= 15 is 0 Å². The summed E-state index contributed by atoms with van der Waals surface area (Å²) in [5.74, 6) is 2.67. The normalized spacial score (nSPS) is 26.4. The third kappa shape index (κ3) is 2.25. The summed E-state index contributed by atoms with van der Waals surface area (Å²) >= 11 is 0. The second kappa shape index (κ2) is 4.57. The van der Waals surface area contributed by atoms with Gasteiger partial charge in [0, 0.05) is 18.2 Å². The topological polar surface area (TPSA) is 30.5 Å². The molecule has 1 saturated carbocycles. The van der Waals surface area contributed by atoms with Crippen molar-refractivity contribution >= 4 is 0 Å². The van der Waals surface area contributed by atoms with E-state index in [4.69, 9.17) is 9.47 Å². The predicted molar refractivity (Wildman–Crippen MR) is 66.2 cm³/mol. The number of rotatable bonds is 3. The highest BCUT2D eigenvalue weighted by Gasteiger charge is 2.22. The fraction of sp³-hybridized carbons (Fsp3) is 0.571. The first-order valence-corrected chi connectivity index (χ1v) is 6.44. The highest BCUT2D eigenvalue weighted by atomic mass is 16.7. The van der Waals surface area contributed by atoms with Gasteiger partial charge >= 0.3 is 0 Å². The van der Waals surface area contributed by atoms with E-state index in [1.165, 1.54) is 24.8 Å². The Morgan fingerprint density at radius 3 is 3.06 bits per heavy atom. The highest BCUT2D eigenvalue weighted by molar-refractivity contribution is 5.48. The van der Waals surface area contributed by atoms with Crippen molar-refractivity contribution in [3.8, 4) is 11.5 Å². The predicted octanol–water partition coefficient (Wildman–Crippen LogP) is 2.69. The molecule has 3 rings (SSSR count). The molecular formula is C14H19NO2. The molecule has 1 N–H and O–H groups in total. The first kappa shape index (κ1) is 10.9. The van der Waals surface area contributed by atoms with Gasteiger partial charge in [0.1, 0.15) is 0 Å². The Balaban J connectivity index is 1.64. The van der Waals surface area contributed by atoms with Crippen LogP contribution in [0.3, 0.4) is 0 Å². The Morgan fingerprint density at radius 2 is 2.24 bits per heavy atom. The number of hydrogen-bond donors (Lipinski definition) is 1. The lowest BCUT2D eigenvalue weighted by molar-refractivity contribution is 0.173. The molecule has 1 aromatic carbocycles. The van der Waals surface area contributed by atoms with Crippen molar-refractivity contribution < 1.29 is 9.47 Å². The minimum absolute atomic E-state index is 0.354. The lowest BCUT2D eigenvalue weighted by Crippen LogP contribution is -2.25. The molecule has 0 spiro atoms. The maximum atomic E-state index is 5.50. The molecule has 2 unspecified atom stereocenters. The van der Waals surface area contributed by atoms with E-state index in [2.05, 4.69) is 18.3 Å². The zero-order valence-electron chi connectivity index (χ0n) is 10.2. The molecular weight excluding hydrogens is 214 g/mol. The van der Waals surface area contributed by atoms with Crippen LogP contribution in [0.25, 0.3) is 0 Å². The van der Waals surface area contributed by atoms with E-state index in [1.807, 2.05) is 12.1 Å². The number of fused-ring (bicyclic) bond motifs is 1. The Hall–Kier alpha value is -1.22. The standard InChI is InChI=1S/C14H19NO2/c1-10-5-6-12(7-10)15-8-11-3-2-4-13-14(11)17-9-16-13/h2-4,10,12,15H,5-9H2,1H3. The molecule has 2 atom stereocenters. The molecule has 0 saturated heterocycles. The van der Waals surface area contributed by atoms with Crippen LogP contribution in [0, 0.1) is 5.92 Å². The summed E-state index contributed by atoms with van der Waals surface area (Å²) in [6.45, 7) is 3.57. The van der Waals surface area contributed by atoms with Gasteiger partial charge in [0.25, 0.3) is 0 Å². The van der Waals surface area contributed by atoms with Crippen LogP contribution in [0.15, 0.2) is 18.2 Å². The van der Waals surface area contributed by atoms with Crippen molar-refractivity contribution in [2.24, 2.45) is 5.92 Å². The van der Waals surface area contributed by atoms with Gasteiger partial charge in [-0.1, -0.05) is 19.1 Å². The molecule has 2 aliphatic rings. The molecule has 3 heteroatoms. The summed E-state index contributed by atoms with van der Waals surface area (Å²) in [6.07, 6.45) is 3.95. The summed E-state index contributed by atoms with van der Waals surface area (Å²) < 4.78 is 10.9. The zero-order chi connectivity index (χ0) is 11.7. The Labute approximate surface area is 102 Å². The van der Waals surface area contributed by atoms with Crippen LogP contribution in [0.1, 0.15) is 31.7 Å². The molecule has 1 aliphatic heterocycles. The van der Waals surface area contributed by atoms with Crippen LogP contribution in [-0.4, -0.2) is 12.8 Å². The molecule has 1 aliphatic carbocycles. The van der Waals surface area contributed by atoms with Crippen LogP contribution in [0.2, 0.25) is 0 Å². The number of hydrogen-bond acceptors (Lipinski definition) is 3. The zero-order valence-corrected chi connectivity index (χ0v) is 10.2. The Kier molecular flexibility index (Phi) is 2.93. The summed E-state index contributed by atoms with van der Waals surface area (Å²) in [5, 5.41) is 3.62. The van der Waals surface area contributed by atoms with Gasteiger partial charge in [0.05, 0.1) is 0 Å². The maximum Gasteiger partial charge on any atom is 0.231 e. The molecule has 1 aromatic rings. The van der Waals surface area contributed by atoms with Crippen molar-refractivity contribution in [3.63, 3.8) is 0 Å². The Bertz CT molecular complexity index is 405. The van der Waals surface area contributed by atoms with Gasteiger partial charge in [0.2, 0.25) is 6.79 Å². The fourth-order valence-electron chi connectivity index (χ4n) is 2.78. The van der Waals surface area contributed by atoms with Crippen LogP contribution < -0.4 is 14.8 Å². The summed E-state index contributed by atoms with van der Waals surface area (Å²) in [5.41, 5.74) is 1.21. The number of ether oxygens (including phenoxy) is 2. The minimum atomic E-state index is 0.354. The third-order valence-electron chi connectivity index (χ3n) is 3.75. The summed E-state index contributed by atoms with van der Waals surface area (Å²) in [6, 6.07) is 6.77. The molecule has 1 heterocycles. The molecule has 0 aromatic heterocycles. The van der Waals surface area contributed by atoms with Crippen LogP contribution in [0.5, 0.6) is 11.5 Å². The average molecular weight is 233 g/mol. The molecule has 1 fully saturated rings. The van der Waals surface area contributed by atoms with Crippen molar-refractivity contribution in [1.29, 1.82) is 0 Å². The molecule has 3 nitrogen and oxygen atoms in total. The van der Waals surface area contributed by atoms with Gasteiger partial charge in [-0.2, -0.15) is 0 Å². The monoisotopic (exact) mass is 233 g/mol. The van der Waals surface area contributed by atoms with E-state index in [0.29, 0.717) is 12.8 Å². The molecule has 0 radical (unpaired) electrons. The fourth-order valence-corrected chi connectivity index (χ4v) is 2.78. The largest absolute Gasteiger partial charge is 0.454 e. The number of benzene rings is 1. The smallest absolute Gasteiger partial charge is 0.231 e. The lowest BCUT2D eigenvalue weighted by atomic mass is 10.1. The van der Waals surface area contributed by atoms with Crippen LogP contribution in [-0.2, 0) is 6.54 Å². The molecule has 17 heavy (non-hydrogen) atoms. The van der Waals surface area contributed by atoms with Crippen molar-refractivity contribution in [1.82, 2.24) is 5.32 Å². The number of para-hydroxylation sites is 1. The third-order valence-corrected chi connectivity index (χ3v) is 3.75. The highest BCUT2D eigenvalue weighted by Crippen LogP contribution is 2.35. The van der Waals surface area contributed by atoms with Crippen LogP contribution >= 0.6 is 0 Å². The second-order valence-corrected chi connectivity index (χ2v) is 5.15. The molecule has 0 bridgehead atoms. The van der Waals surface area contributed by atoms with Gasteiger partial charge in [-0.05, 0) is 31.2 Å². The van der Waals surface area contributed by atoms with Gasteiger partial charge in [-0.25, -0.2) is 0 Å². The maximum absolute atomic E-state index is 5.50. The Morgan fingerprint density at radius 1 is 1.29 bits per heavy atom. The quantitative estimate of drug-likeness (QED) is 0.870. The lowest BCUT2D eigenvalue weighted by Gasteiger charge is -2.13. The van der Waals surface area contributed by atoms with Gasteiger partial charge in [0.15, 0.2) is 11.5 Å². The van der Waals surface area contributed by atoms with E-state index in [-0.39, 0.29) is 0 Å². The van der Waals surface area contributed by atoms with Gasteiger partial charge in [-0.15, -0.1) is 0 Å². The van der Waals surface area contributed by atoms with Gasteiger partial charge in [-0.3, -0.25) is 0 Å². The summed E-state index contributed by atoms with van der Waals surface area (Å²) in [7, 11) is 0. The minimum Gasteiger partial charge on any atom is -0.454 e. The SMILES string of the molecule is CC1CCC(NCc2cccc3c2OCO3)C1. The first-order chi connectivity index (χ1) is 8.33. The van der Waals surface area contributed by atoms with Crippen molar-refractivity contribution in [2.75, 3.05) is 6.79 Å².